The van der Waals surface area contributed by atoms with Gasteiger partial charge in [-0.1, -0.05) is 42.5 Å². The number of thiocarbonyl (C=S) groups is 1. The van der Waals surface area contributed by atoms with Crippen molar-refractivity contribution in [3.8, 4) is 0 Å². The number of nitrogens with two attached hydrogens (primary N) is 1. The largest absolute Gasteiger partial charge is 0.393 e. The van der Waals surface area contributed by atoms with Crippen LogP contribution in [0.15, 0.2) is 30.3 Å². The fourth-order valence-electron chi connectivity index (χ4n) is 2.14. The fourth-order valence-corrected chi connectivity index (χ4v) is 3.99. The van der Waals surface area contributed by atoms with Gasteiger partial charge in [-0.05, 0) is 24.8 Å². The Balaban J connectivity index is 1.97. The first kappa shape index (κ1) is 15.4. The summed E-state index contributed by atoms with van der Waals surface area (Å²) in [5.74, 6) is 0.144. The minimum Gasteiger partial charge on any atom is -0.393 e. The summed E-state index contributed by atoms with van der Waals surface area (Å²) in [7, 11) is -3.23. The van der Waals surface area contributed by atoms with Crippen LogP contribution in [0.3, 0.4) is 0 Å². The lowest BCUT2D eigenvalue weighted by Crippen LogP contribution is -2.37. The molecule has 1 aromatic carbocycles. The molecule has 0 radical (unpaired) electrons. The van der Waals surface area contributed by atoms with Crippen LogP contribution in [-0.2, 0) is 16.4 Å². The second-order valence-electron chi connectivity index (χ2n) is 5.11. The molecule has 0 spiro atoms. The third-order valence-corrected chi connectivity index (χ3v) is 5.50. The van der Waals surface area contributed by atoms with Gasteiger partial charge in [0, 0.05) is 19.0 Å². The Kier molecular flexibility index (Phi) is 5.12. The maximum Gasteiger partial charge on any atom is 0.214 e. The van der Waals surface area contributed by atoms with Crippen LogP contribution in [0.4, 0.5) is 0 Å². The van der Waals surface area contributed by atoms with Gasteiger partial charge >= 0.3 is 0 Å². The van der Waals surface area contributed by atoms with E-state index in [4.69, 9.17) is 18.0 Å². The Morgan fingerprint density at radius 1 is 1.30 bits per heavy atom. The summed E-state index contributed by atoms with van der Waals surface area (Å²) in [6.45, 7) is 0.414. The molecule has 0 atom stereocenters. The highest BCUT2D eigenvalue weighted by atomic mass is 32.2. The summed E-state index contributed by atoms with van der Waals surface area (Å²) < 4.78 is 26.5. The second-order valence-corrected chi connectivity index (χ2v) is 7.68. The average molecular weight is 312 g/mol. The minimum absolute atomic E-state index is 0.144. The topological polar surface area (TPSA) is 63.4 Å². The molecular weight excluding hydrogens is 292 g/mol. The van der Waals surface area contributed by atoms with Gasteiger partial charge in [0.1, 0.15) is 0 Å². The van der Waals surface area contributed by atoms with Gasteiger partial charge in [0.25, 0.3) is 0 Å². The minimum atomic E-state index is -3.23. The Morgan fingerprint density at radius 3 is 2.50 bits per heavy atom. The Hall–Kier alpha value is -0.980. The van der Waals surface area contributed by atoms with Gasteiger partial charge in [-0.3, -0.25) is 0 Å². The molecule has 110 valence electrons. The lowest BCUT2D eigenvalue weighted by atomic mass is 10.2. The summed E-state index contributed by atoms with van der Waals surface area (Å²) in [6.07, 6.45) is 2.89. The molecule has 1 aliphatic carbocycles. The first-order chi connectivity index (χ1) is 9.49. The summed E-state index contributed by atoms with van der Waals surface area (Å²) in [5.41, 5.74) is 6.52. The molecular formula is C14H20N2O2S2. The predicted octanol–water partition coefficient (Wildman–Crippen LogP) is 1.70. The van der Waals surface area contributed by atoms with Crippen molar-refractivity contribution in [3.05, 3.63) is 35.9 Å². The van der Waals surface area contributed by atoms with Gasteiger partial charge in [-0.2, -0.15) is 4.31 Å². The molecule has 0 aliphatic heterocycles. The van der Waals surface area contributed by atoms with E-state index < -0.39 is 10.0 Å². The van der Waals surface area contributed by atoms with Crippen LogP contribution in [0.2, 0.25) is 0 Å². The molecule has 6 heteroatoms. The normalized spacial score (nSPS) is 15.4. The van der Waals surface area contributed by atoms with E-state index in [1.807, 2.05) is 30.3 Å². The lowest BCUT2D eigenvalue weighted by molar-refractivity contribution is 0.413. The molecule has 2 N–H and O–H groups in total. The molecule has 0 heterocycles. The summed E-state index contributed by atoms with van der Waals surface area (Å²) in [4.78, 5) is 0.369. The second kappa shape index (κ2) is 6.65. The van der Waals surface area contributed by atoms with Crippen LogP contribution in [0.25, 0.3) is 0 Å². The summed E-state index contributed by atoms with van der Waals surface area (Å²) in [6, 6.07) is 9.83. The van der Waals surface area contributed by atoms with Crippen LogP contribution in [0.1, 0.15) is 24.8 Å². The van der Waals surface area contributed by atoms with E-state index in [1.165, 1.54) is 0 Å². The Labute approximate surface area is 126 Å². The van der Waals surface area contributed by atoms with Crippen molar-refractivity contribution in [2.45, 2.75) is 31.7 Å². The van der Waals surface area contributed by atoms with Crippen molar-refractivity contribution in [3.63, 3.8) is 0 Å². The fraction of sp³-hybridized carbons (Fsp3) is 0.500. The lowest BCUT2D eigenvalue weighted by Gasteiger charge is -2.21. The van der Waals surface area contributed by atoms with Crippen LogP contribution in [0, 0.1) is 0 Å². The van der Waals surface area contributed by atoms with E-state index in [-0.39, 0.29) is 11.8 Å². The standard InChI is InChI=1S/C14H20N2O2S2/c15-14(19)8-10-16(13-6-7-13)20(17,18)11-9-12-4-2-1-3-5-12/h1-5,13H,6-11H2,(H2,15,19). The SMILES string of the molecule is NC(=S)CCN(C1CC1)S(=O)(=O)CCc1ccccc1. The molecule has 0 amide bonds. The predicted molar refractivity (Wildman–Crippen MR) is 85.1 cm³/mol. The number of aryl methyl sites for hydroxylation is 1. The highest BCUT2D eigenvalue weighted by Crippen LogP contribution is 2.29. The van der Waals surface area contributed by atoms with Crippen LogP contribution >= 0.6 is 12.2 Å². The van der Waals surface area contributed by atoms with E-state index in [0.717, 1.165) is 18.4 Å². The highest BCUT2D eigenvalue weighted by molar-refractivity contribution is 7.89. The van der Waals surface area contributed by atoms with Crippen molar-refractivity contribution < 1.29 is 8.42 Å². The van der Waals surface area contributed by atoms with Crippen LogP contribution < -0.4 is 5.73 Å². The van der Waals surface area contributed by atoms with E-state index in [2.05, 4.69) is 0 Å². The zero-order chi connectivity index (χ0) is 14.6. The molecule has 1 aromatic rings. The first-order valence-corrected chi connectivity index (χ1v) is 8.82. The van der Waals surface area contributed by atoms with Crippen molar-refractivity contribution >= 4 is 27.2 Å². The number of rotatable bonds is 8. The smallest absolute Gasteiger partial charge is 0.214 e. The molecule has 0 saturated heterocycles. The molecule has 2 rings (SSSR count). The Morgan fingerprint density at radius 2 is 1.95 bits per heavy atom. The molecule has 20 heavy (non-hydrogen) atoms. The van der Waals surface area contributed by atoms with E-state index in [0.29, 0.717) is 24.4 Å². The highest BCUT2D eigenvalue weighted by Gasteiger charge is 2.36. The maximum absolute atomic E-state index is 12.4. The molecule has 1 aliphatic rings. The van der Waals surface area contributed by atoms with Crippen molar-refractivity contribution in [1.82, 2.24) is 4.31 Å². The molecule has 4 nitrogen and oxygen atoms in total. The molecule has 0 unspecified atom stereocenters. The zero-order valence-electron chi connectivity index (χ0n) is 11.4. The molecule has 0 aromatic heterocycles. The van der Waals surface area contributed by atoms with Crippen molar-refractivity contribution in [2.75, 3.05) is 12.3 Å². The van der Waals surface area contributed by atoms with E-state index in [1.54, 1.807) is 4.31 Å². The van der Waals surface area contributed by atoms with Gasteiger partial charge < -0.3 is 5.73 Å². The zero-order valence-corrected chi connectivity index (χ0v) is 13.0. The Bertz CT molecular complexity index is 554. The van der Waals surface area contributed by atoms with Crippen molar-refractivity contribution in [2.24, 2.45) is 5.73 Å². The van der Waals surface area contributed by atoms with Gasteiger partial charge in [0.15, 0.2) is 0 Å². The number of nitrogens with zero attached hydrogens (tertiary/aromatic N) is 1. The van der Waals surface area contributed by atoms with E-state index in [9.17, 15) is 8.42 Å². The monoisotopic (exact) mass is 312 g/mol. The van der Waals surface area contributed by atoms with Gasteiger partial charge in [0.05, 0.1) is 10.7 Å². The maximum atomic E-state index is 12.4. The number of hydrogen-bond donors (Lipinski definition) is 1. The molecule has 1 saturated carbocycles. The van der Waals surface area contributed by atoms with E-state index >= 15 is 0 Å². The number of sulfonamides is 1. The van der Waals surface area contributed by atoms with Crippen molar-refractivity contribution in [1.29, 1.82) is 0 Å². The van der Waals surface area contributed by atoms with Crippen LogP contribution in [0.5, 0.6) is 0 Å². The third-order valence-electron chi connectivity index (χ3n) is 3.38. The average Bonchev–Trinajstić information content (AvgIpc) is 3.22. The number of hydrogen-bond acceptors (Lipinski definition) is 3. The first-order valence-electron chi connectivity index (χ1n) is 6.81. The molecule has 1 fully saturated rings. The summed E-state index contributed by atoms with van der Waals surface area (Å²) in [5, 5.41) is 0. The van der Waals surface area contributed by atoms with Gasteiger partial charge in [-0.15, -0.1) is 0 Å². The molecule has 0 bridgehead atoms. The number of benzene rings is 1. The third kappa shape index (κ3) is 4.54. The van der Waals surface area contributed by atoms with Gasteiger partial charge in [0.2, 0.25) is 10.0 Å². The van der Waals surface area contributed by atoms with Gasteiger partial charge in [-0.25, -0.2) is 8.42 Å². The summed E-state index contributed by atoms with van der Waals surface area (Å²) >= 11 is 4.84. The van der Waals surface area contributed by atoms with Crippen LogP contribution in [-0.4, -0.2) is 36.1 Å². The quantitative estimate of drug-likeness (QED) is 0.742.